The molecule has 0 aromatic heterocycles. The highest BCUT2D eigenvalue weighted by atomic mass is 16.5. The van der Waals surface area contributed by atoms with Crippen molar-refractivity contribution in [2.45, 2.75) is 44.6 Å². The molecule has 104 valence electrons. The fourth-order valence-electron chi connectivity index (χ4n) is 3.03. The third-order valence-electron chi connectivity index (χ3n) is 4.20. The normalized spacial score (nSPS) is 20.7. The summed E-state index contributed by atoms with van der Waals surface area (Å²) in [6, 6.07) is 6.31. The lowest BCUT2D eigenvalue weighted by Crippen LogP contribution is -2.48. The van der Waals surface area contributed by atoms with Crippen LogP contribution in [0.25, 0.3) is 0 Å². The van der Waals surface area contributed by atoms with Gasteiger partial charge in [-0.05, 0) is 56.8 Å². The molecular weight excluding hydrogens is 238 g/mol. The van der Waals surface area contributed by atoms with E-state index >= 15 is 0 Å². The van der Waals surface area contributed by atoms with Crippen molar-refractivity contribution in [3.05, 3.63) is 23.8 Å². The van der Waals surface area contributed by atoms with E-state index in [2.05, 4.69) is 30.4 Å². The number of nitrogens with one attached hydrogen (secondary N) is 1. The molecule has 1 aromatic carbocycles. The molecule has 1 aromatic rings. The summed E-state index contributed by atoms with van der Waals surface area (Å²) in [6.45, 7) is 5.04. The Morgan fingerprint density at radius 3 is 2.89 bits per heavy atom. The zero-order valence-electron chi connectivity index (χ0n) is 11.7. The minimum Gasteiger partial charge on any atom is -0.493 e. The van der Waals surface area contributed by atoms with Gasteiger partial charge in [0.05, 0.1) is 6.61 Å². The molecule has 0 bridgehead atoms. The van der Waals surface area contributed by atoms with Gasteiger partial charge in [-0.3, -0.25) is 0 Å². The van der Waals surface area contributed by atoms with Gasteiger partial charge in [0.1, 0.15) is 17.1 Å². The van der Waals surface area contributed by atoms with Gasteiger partial charge >= 0.3 is 0 Å². The van der Waals surface area contributed by atoms with E-state index in [0.717, 1.165) is 63.3 Å². The summed E-state index contributed by atoms with van der Waals surface area (Å²) in [6.07, 6.45) is 5.55. The zero-order valence-corrected chi connectivity index (χ0v) is 11.7. The highest BCUT2D eigenvalue weighted by Gasteiger charge is 2.37. The van der Waals surface area contributed by atoms with E-state index in [1.165, 1.54) is 5.56 Å². The largest absolute Gasteiger partial charge is 0.493 e. The maximum atomic E-state index is 6.36. The molecule has 0 saturated carbocycles. The van der Waals surface area contributed by atoms with Crippen LogP contribution in [0.15, 0.2) is 18.2 Å². The Bertz CT molecular complexity index is 438. The molecule has 2 heterocycles. The molecule has 0 amide bonds. The van der Waals surface area contributed by atoms with Crippen LogP contribution in [-0.4, -0.2) is 25.3 Å². The molecule has 3 rings (SSSR count). The minimum absolute atomic E-state index is 0.0711. The first kappa shape index (κ1) is 12.8. The number of ether oxygens (including phenoxy) is 2. The molecule has 2 aliphatic heterocycles. The number of rotatable bonds is 3. The Labute approximate surface area is 115 Å². The second-order valence-electron chi connectivity index (χ2n) is 5.65. The number of hydrogen-bond acceptors (Lipinski definition) is 3. The van der Waals surface area contributed by atoms with Crippen molar-refractivity contribution in [2.24, 2.45) is 0 Å². The summed E-state index contributed by atoms with van der Waals surface area (Å²) in [5.74, 6) is 1.98. The van der Waals surface area contributed by atoms with Gasteiger partial charge in [-0.25, -0.2) is 0 Å². The van der Waals surface area contributed by atoms with Gasteiger partial charge in [0.15, 0.2) is 0 Å². The van der Waals surface area contributed by atoms with Gasteiger partial charge in [0.25, 0.3) is 0 Å². The van der Waals surface area contributed by atoms with Crippen molar-refractivity contribution in [1.29, 1.82) is 0 Å². The summed E-state index contributed by atoms with van der Waals surface area (Å²) in [5, 5.41) is 3.41. The molecule has 3 heteroatoms. The predicted molar refractivity (Wildman–Crippen MR) is 76.0 cm³/mol. The molecule has 0 unspecified atom stereocenters. The molecule has 0 radical (unpaired) electrons. The van der Waals surface area contributed by atoms with Crippen molar-refractivity contribution in [3.8, 4) is 11.5 Å². The minimum atomic E-state index is 0.0711. The summed E-state index contributed by atoms with van der Waals surface area (Å²) in [4.78, 5) is 0. The molecule has 0 aliphatic carbocycles. The number of fused-ring (bicyclic) bond motifs is 1. The second kappa shape index (κ2) is 5.41. The van der Waals surface area contributed by atoms with Crippen molar-refractivity contribution in [1.82, 2.24) is 5.32 Å². The molecule has 0 atom stereocenters. The molecule has 1 saturated heterocycles. The van der Waals surface area contributed by atoms with Crippen LogP contribution < -0.4 is 14.8 Å². The Hall–Kier alpha value is -1.22. The number of aryl methyl sites for hydroxylation is 1. The quantitative estimate of drug-likeness (QED) is 0.907. The lowest BCUT2D eigenvalue weighted by molar-refractivity contribution is 0.0167. The summed E-state index contributed by atoms with van der Waals surface area (Å²) in [5.41, 5.74) is 1.40. The standard InChI is InChI=1S/C16H23NO2/c1-2-11-18-14-4-3-13-5-6-16(19-15(13)12-14)7-9-17-10-8-16/h3-4,12,17H,2,5-11H2,1H3. The predicted octanol–water partition coefficient (Wildman–Crippen LogP) is 2.92. The van der Waals surface area contributed by atoms with Crippen LogP contribution in [0, 0.1) is 0 Å². The molecule has 1 spiro atoms. The maximum Gasteiger partial charge on any atom is 0.127 e. The molecule has 2 aliphatic rings. The molecular formula is C16H23NO2. The fourth-order valence-corrected chi connectivity index (χ4v) is 3.03. The van der Waals surface area contributed by atoms with Gasteiger partial charge in [-0.15, -0.1) is 0 Å². The van der Waals surface area contributed by atoms with Crippen LogP contribution in [-0.2, 0) is 6.42 Å². The first-order valence-electron chi connectivity index (χ1n) is 7.47. The van der Waals surface area contributed by atoms with Crippen molar-refractivity contribution < 1.29 is 9.47 Å². The molecule has 1 N–H and O–H groups in total. The van der Waals surface area contributed by atoms with E-state index in [-0.39, 0.29) is 5.60 Å². The average Bonchev–Trinajstić information content (AvgIpc) is 2.45. The van der Waals surface area contributed by atoms with Crippen LogP contribution in [0.1, 0.15) is 38.2 Å². The highest BCUT2D eigenvalue weighted by molar-refractivity contribution is 5.42. The second-order valence-corrected chi connectivity index (χ2v) is 5.65. The first-order valence-corrected chi connectivity index (χ1v) is 7.47. The van der Waals surface area contributed by atoms with E-state index in [4.69, 9.17) is 9.47 Å². The number of piperidine rings is 1. The summed E-state index contributed by atoms with van der Waals surface area (Å²) >= 11 is 0. The monoisotopic (exact) mass is 261 g/mol. The van der Waals surface area contributed by atoms with Gasteiger partial charge in [-0.2, -0.15) is 0 Å². The van der Waals surface area contributed by atoms with E-state index in [1.54, 1.807) is 0 Å². The summed E-state index contributed by atoms with van der Waals surface area (Å²) in [7, 11) is 0. The van der Waals surface area contributed by atoms with E-state index in [1.807, 2.05) is 0 Å². The van der Waals surface area contributed by atoms with Gasteiger partial charge < -0.3 is 14.8 Å². The summed E-state index contributed by atoms with van der Waals surface area (Å²) < 4.78 is 12.1. The average molecular weight is 261 g/mol. The van der Waals surface area contributed by atoms with Crippen LogP contribution in [0.4, 0.5) is 0 Å². The van der Waals surface area contributed by atoms with E-state index < -0.39 is 0 Å². The topological polar surface area (TPSA) is 30.5 Å². The Balaban J connectivity index is 1.78. The van der Waals surface area contributed by atoms with Crippen LogP contribution in [0.2, 0.25) is 0 Å². The third kappa shape index (κ3) is 2.71. The third-order valence-corrected chi connectivity index (χ3v) is 4.20. The fraction of sp³-hybridized carbons (Fsp3) is 0.625. The zero-order chi connectivity index (χ0) is 13.1. The van der Waals surface area contributed by atoms with Crippen LogP contribution in [0.5, 0.6) is 11.5 Å². The maximum absolute atomic E-state index is 6.36. The smallest absolute Gasteiger partial charge is 0.127 e. The Kier molecular flexibility index (Phi) is 3.65. The van der Waals surface area contributed by atoms with Crippen molar-refractivity contribution in [3.63, 3.8) is 0 Å². The highest BCUT2D eigenvalue weighted by Crippen LogP contribution is 2.39. The van der Waals surface area contributed by atoms with E-state index in [0.29, 0.717) is 0 Å². The van der Waals surface area contributed by atoms with E-state index in [9.17, 15) is 0 Å². The molecule has 1 fully saturated rings. The Morgan fingerprint density at radius 1 is 1.26 bits per heavy atom. The van der Waals surface area contributed by atoms with Crippen molar-refractivity contribution >= 4 is 0 Å². The van der Waals surface area contributed by atoms with Crippen LogP contribution >= 0.6 is 0 Å². The Morgan fingerprint density at radius 2 is 2.11 bits per heavy atom. The molecule has 3 nitrogen and oxygen atoms in total. The number of benzene rings is 1. The van der Waals surface area contributed by atoms with Gasteiger partial charge in [-0.1, -0.05) is 13.0 Å². The lowest BCUT2D eigenvalue weighted by Gasteiger charge is -2.41. The van der Waals surface area contributed by atoms with Crippen LogP contribution in [0.3, 0.4) is 0 Å². The lowest BCUT2D eigenvalue weighted by atomic mass is 9.84. The molecule has 19 heavy (non-hydrogen) atoms. The first-order chi connectivity index (χ1) is 9.31. The van der Waals surface area contributed by atoms with Gasteiger partial charge in [0.2, 0.25) is 0 Å². The van der Waals surface area contributed by atoms with Gasteiger partial charge in [0, 0.05) is 6.07 Å². The SMILES string of the molecule is CCCOc1ccc2c(c1)OC1(CCNCC1)CC2. The number of hydrogen-bond donors (Lipinski definition) is 1. The van der Waals surface area contributed by atoms with Crippen molar-refractivity contribution in [2.75, 3.05) is 19.7 Å².